The van der Waals surface area contributed by atoms with Gasteiger partial charge in [-0.25, -0.2) is 13.6 Å². The maximum Gasteiger partial charge on any atom is 0.238 e. The molecule has 4 N–H and O–H groups in total. The molecule has 1 amide bonds. The summed E-state index contributed by atoms with van der Waals surface area (Å²) in [7, 11) is -3.80. The number of nitrogens with two attached hydrogens (primary N) is 2. The van der Waals surface area contributed by atoms with E-state index >= 15 is 0 Å². The molecule has 0 aliphatic carbocycles. The lowest BCUT2D eigenvalue weighted by atomic mass is 10.2. The van der Waals surface area contributed by atoms with E-state index in [0.29, 0.717) is 0 Å². The molecule has 0 aliphatic heterocycles. The van der Waals surface area contributed by atoms with Crippen LogP contribution in [0.2, 0.25) is 5.02 Å². The summed E-state index contributed by atoms with van der Waals surface area (Å²) >= 11 is 5.84. The maximum atomic E-state index is 11.1. The van der Waals surface area contributed by atoms with Crippen molar-refractivity contribution in [1.82, 2.24) is 0 Å². The first-order valence-electron chi connectivity index (χ1n) is 4.96. The van der Waals surface area contributed by atoms with Gasteiger partial charge >= 0.3 is 0 Å². The minimum atomic E-state index is -3.80. The molecule has 1 unspecified atom stereocenters. The molecule has 0 aromatic heterocycles. The number of hydrogen-bond acceptors (Lipinski definition) is 4. The first-order chi connectivity index (χ1) is 8.21. The zero-order chi connectivity index (χ0) is 13.9. The highest BCUT2D eigenvalue weighted by molar-refractivity contribution is 7.89. The first kappa shape index (κ1) is 14.7. The molecule has 1 aromatic carbocycles. The van der Waals surface area contributed by atoms with Crippen LogP contribution in [0.1, 0.15) is 6.92 Å². The Labute approximate surface area is 110 Å². The third-order valence-corrected chi connectivity index (χ3v) is 3.41. The van der Waals surface area contributed by atoms with Gasteiger partial charge in [0.05, 0.1) is 22.4 Å². The van der Waals surface area contributed by atoms with E-state index in [1.165, 1.54) is 18.2 Å². The summed E-state index contributed by atoms with van der Waals surface area (Å²) in [5, 5.41) is 5.04. The summed E-state index contributed by atoms with van der Waals surface area (Å²) in [6, 6.07) is 3.82. The van der Waals surface area contributed by atoms with E-state index in [4.69, 9.17) is 27.2 Å². The lowest BCUT2D eigenvalue weighted by Gasteiger charge is -2.11. The third kappa shape index (κ3) is 3.86. The van der Waals surface area contributed by atoms with Crippen LogP contribution >= 0.6 is 11.6 Å². The Morgan fingerprint density at radius 2 is 2.11 bits per heavy atom. The molecule has 0 radical (unpaired) electrons. The Hall–Kier alpha value is -1.31. The highest BCUT2D eigenvalue weighted by Crippen LogP contribution is 2.27. The van der Waals surface area contributed by atoms with Gasteiger partial charge in [-0.05, 0) is 18.2 Å². The van der Waals surface area contributed by atoms with Crippen molar-refractivity contribution in [3.05, 3.63) is 23.2 Å². The predicted molar refractivity (Wildman–Crippen MR) is 66.7 cm³/mol. The number of halogens is 1. The smallest absolute Gasteiger partial charge is 0.238 e. The summed E-state index contributed by atoms with van der Waals surface area (Å²) in [5.74, 6) is -0.705. The maximum absolute atomic E-state index is 11.1. The van der Waals surface area contributed by atoms with Crippen LogP contribution in [-0.4, -0.2) is 20.9 Å². The number of ether oxygens (including phenoxy) is 1. The number of benzene rings is 1. The second-order valence-corrected chi connectivity index (χ2v) is 5.72. The number of carbonyl (C=O) groups excluding carboxylic acids is 1. The molecule has 1 atom stereocenters. The van der Waals surface area contributed by atoms with Gasteiger partial charge in [0.25, 0.3) is 0 Å². The van der Waals surface area contributed by atoms with Gasteiger partial charge < -0.3 is 10.5 Å². The number of carbonyl (C=O) groups is 1. The van der Waals surface area contributed by atoms with Crippen LogP contribution in [0.15, 0.2) is 23.1 Å². The molecule has 0 spiro atoms. The largest absolute Gasteiger partial charge is 0.491 e. The SMILES string of the molecule is CC(COc1ccc(S(N)(=O)=O)cc1Cl)C(N)=O. The Morgan fingerprint density at radius 3 is 2.56 bits per heavy atom. The fraction of sp³-hybridized carbons (Fsp3) is 0.300. The fourth-order valence-corrected chi connectivity index (χ4v) is 1.91. The molecule has 0 bridgehead atoms. The van der Waals surface area contributed by atoms with Crippen LogP contribution in [0.3, 0.4) is 0 Å². The van der Waals surface area contributed by atoms with Crippen LogP contribution in [0.5, 0.6) is 5.75 Å². The minimum Gasteiger partial charge on any atom is -0.491 e. The van der Waals surface area contributed by atoms with Gasteiger partial charge in [0.15, 0.2) is 0 Å². The van der Waals surface area contributed by atoms with E-state index < -0.39 is 21.8 Å². The van der Waals surface area contributed by atoms with Crippen molar-refractivity contribution in [3.63, 3.8) is 0 Å². The quantitative estimate of drug-likeness (QED) is 0.822. The summed E-state index contributed by atoms with van der Waals surface area (Å²) < 4.78 is 27.4. The monoisotopic (exact) mass is 292 g/mol. The van der Waals surface area contributed by atoms with Crippen LogP contribution < -0.4 is 15.6 Å². The Bertz CT molecular complexity index is 559. The van der Waals surface area contributed by atoms with Gasteiger partial charge in [-0.1, -0.05) is 18.5 Å². The molecule has 0 aliphatic rings. The number of primary sulfonamides is 1. The molecule has 6 nitrogen and oxygen atoms in total. The Morgan fingerprint density at radius 1 is 1.50 bits per heavy atom. The second kappa shape index (κ2) is 5.55. The number of primary amides is 1. The average Bonchev–Trinajstić information content (AvgIpc) is 2.25. The first-order valence-corrected chi connectivity index (χ1v) is 6.88. The van der Waals surface area contributed by atoms with E-state index in [-0.39, 0.29) is 22.3 Å². The second-order valence-electron chi connectivity index (χ2n) is 3.75. The Kier molecular flexibility index (Phi) is 4.55. The van der Waals surface area contributed by atoms with Gasteiger partial charge in [0.2, 0.25) is 15.9 Å². The van der Waals surface area contributed by atoms with Crippen molar-refractivity contribution < 1.29 is 17.9 Å². The Balaban J connectivity index is 2.84. The highest BCUT2D eigenvalue weighted by atomic mass is 35.5. The molecule has 0 heterocycles. The van der Waals surface area contributed by atoms with Crippen LogP contribution in [0.25, 0.3) is 0 Å². The molecule has 0 fully saturated rings. The molecule has 0 saturated heterocycles. The average molecular weight is 293 g/mol. The van der Waals surface area contributed by atoms with Crippen molar-refractivity contribution in [3.8, 4) is 5.75 Å². The minimum absolute atomic E-state index is 0.0593. The molecular weight excluding hydrogens is 280 g/mol. The highest BCUT2D eigenvalue weighted by Gasteiger charge is 2.13. The number of amides is 1. The van der Waals surface area contributed by atoms with E-state index in [2.05, 4.69) is 0 Å². The summed E-state index contributed by atoms with van der Waals surface area (Å²) in [6.45, 7) is 1.67. The summed E-state index contributed by atoms with van der Waals surface area (Å²) in [6.07, 6.45) is 0. The fourth-order valence-electron chi connectivity index (χ4n) is 1.07. The molecule has 0 saturated carbocycles. The van der Waals surface area contributed by atoms with Crippen molar-refractivity contribution in [2.24, 2.45) is 16.8 Å². The van der Waals surface area contributed by atoms with Crippen LogP contribution in [0, 0.1) is 5.92 Å². The van der Waals surface area contributed by atoms with Crippen LogP contribution in [-0.2, 0) is 14.8 Å². The van der Waals surface area contributed by atoms with Crippen molar-refractivity contribution in [2.75, 3.05) is 6.61 Å². The third-order valence-electron chi connectivity index (χ3n) is 2.21. The van der Waals surface area contributed by atoms with Gasteiger partial charge in [0, 0.05) is 0 Å². The standard InChI is InChI=1S/C10H13ClN2O4S/c1-6(10(12)14)5-17-9-3-2-7(4-8(9)11)18(13,15)16/h2-4,6H,5H2,1H3,(H2,12,14)(H2,13,15,16). The normalized spacial score (nSPS) is 13.1. The molecule has 18 heavy (non-hydrogen) atoms. The topological polar surface area (TPSA) is 112 Å². The number of hydrogen-bond donors (Lipinski definition) is 2. The predicted octanol–water partition coefficient (Wildman–Crippen LogP) is 0.488. The van der Waals surface area contributed by atoms with E-state index in [0.717, 1.165) is 0 Å². The number of sulfonamides is 1. The van der Waals surface area contributed by atoms with Crippen LogP contribution in [0.4, 0.5) is 0 Å². The summed E-state index contributed by atoms with van der Waals surface area (Å²) in [5.41, 5.74) is 5.07. The lowest BCUT2D eigenvalue weighted by molar-refractivity contribution is -0.122. The zero-order valence-corrected chi connectivity index (χ0v) is 11.2. The zero-order valence-electron chi connectivity index (χ0n) is 9.59. The molecular formula is C10H13ClN2O4S. The van der Waals surface area contributed by atoms with E-state index in [9.17, 15) is 13.2 Å². The summed E-state index contributed by atoms with van der Waals surface area (Å²) in [4.78, 5) is 10.7. The van der Waals surface area contributed by atoms with Crippen molar-refractivity contribution in [1.29, 1.82) is 0 Å². The van der Waals surface area contributed by atoms with Crippen molar-refractivity contribution >= 4 is 27.5 Å². The number of rotatable bonds is 5. The van der Waals surface area contributed by atoms with E-state index in [1.54, 1.807) is 6.92 Å². The molecule has 1 aromatic rings. The van der Waals surface area contributed by atoms with Gasteiger partial charge in [-0.2, -0.15) is 0 Å². The lowest BCUT2D eigenvalue weighted by Crippen LogP contribution is -2.25. The molecule has 8 heteroatoms. The van der Waals surface area contributed by atoms with Gasteiger partial charge in [-0.15, -0.1) is 0 Å². The molecule has 1 rings (SSSR count). The van der Waals surface area contributed by atoms with E-state index in [1.807, 2.05) is 0 Å². The molecule has 100 valence electrons. The van der Waals surface area contributed by atoms with Gasteiger partial charge in [0.1, 0.15) is 5.75 Å². The van der Waals surface area contributed by atoms with Crippen molar-refractivity contribution in [2.45, 2.75) is 11.8 Å². The van der Waals surface area contributed by atoms with Gasteiger partial charge in [-0.3, -0.25) is 4.79 Å².